The maximum Gasteiger partial charge on any atom is 0.316 e. The van der Waals surface area contributed by atoms with Gasteiger partial charge in [-0.15, -0.1) is 0 Å². The standard InChI is InChI=1S/C20H19N3O2/c1-25-18-14-22(11-15-7-3-2-4-8-15)20(21-19(18)24)23-12-16-9-5-6-10-17(16)13-23/h2-10,14H,11-13H2,1H3. The van der Waals surface area contributed by atoms with Gasteiger partial charge in [-0.3, -0.25) is 4.79 Å². The molecule has 25 heavy (non-hydrogen) atoms. The molecule has 0 aliphatic carbocycles. The monoisotopic (exact) mass is 333 g/mol. The van der Waals surface area contributed by atoms with Gasteiger partial charge in [0, 0.05) is 13.1 Å². The summed E-state index contributed by atoms with van der Waals surface area (Å²) in [6, 6.07) is 18.5. The molecule has 0 bridgehead atoms. The molecule has 1 aliphatic heterocycles. The van der Waals surface area contributed by atoms with Crippen molar-refractivity contribution in [3.05, 3.63) is 87.8 Å². The quantitative estimate of drug-likeness (QED) is 0.737. The van der Waals surface area contributed by atoms with Crippen molar-refractivity contribution in [3.63, 3.8) is 0 Å². The van der Waals surface area contributed by atoms with Crippen molar-refractivity contribution in [2.45, 2.75) is 19.6 Å². The van der Waals surface area contributed by atoms with Gasteiger partial charge >= 0.3 is 5.56 Å². The predicted octanol–water partition coefficient (Wildman–Crippen LogP) is 2.82. The number of methoxy groups -OCH3 is 1. The van der Waals surface area contributed by atoms with Crippen LogP contribution in [0.3, 0.4) is 0 Å². The van der Waals surface area contributed by atoms with Crippen LogP contribution in [-0.4, -0.2) is 16.7 Å². The molecule has 1 aromatic heterocycles. The maximum atomic E-state index is 12.2. The fourth-order valence-corrected chi connectivity index (χ4v) is 3.23. The Balaban J connectivity index is 1.74. The lowest BCUT2D eigenvalue weighted by Gasteiger charge is -2.22. The molecule has 2 aromatic carbocycles. The second kappa shape index (κ2) is 6.43. The molecule has 0 atom stereocenters. The van der Waals surface area contributed by atoms with Crippen LogP contribution in [0.5, 0.6) is 5.75 Å². The molecule has 126 valence electrons. The third-order valence-corrected chi connectivity index (χ3v) is 4.48. The molecular weight excluding hydrogens is 314 g/mol. The lowest BCUT2D eigenvalue weighted by Crippen LogP contribution is -2.26. The Morgan fingerprint density at radius 2 is 1.64 bits per heavy atom. The highest BCUT2D eigenvalue weighted by Crippen LogP contribution is 2.27. The summed E-state index contributed by atoms with van der Waals surface area (Å²) in [6.07, 6.45) is 1.75. The van der Waals surface area contributed by atoms with Gasteiger partial charge in [-0.25, -0.2) is 0 Å². The van der Waals surface area contributed by atoms with E-state index < -0.39 is 0 Å². The first-order valence-corrected chi connectivity index (χ1v) is 8.26. The van der Waals surface area contributed by atoms with Crippen LogP contribution in [0.25, 0.3) is 0 Å². The van der Waals surface area contributed by atoms with Crippen molar-refractivity contribution in [2.24, 2.45) is 0 Å². The minimum absolute atomic E-state index is 0.261. The van der Waals surface area contributed by atoms with Crippen molar-refractivity contribution >= 4 is 5.95 Å². The van der Waals surface area contributed by atoms with Gasteiger partial charge in [-0.2, -0.15) is 4.98 Å². The number of ether oxygens (including phenoxy) is 1. The lowest BCUT2D eigenvalue weighted by molar-refractivity contribution is 0.401. The molecule has 5 heteroatoms. The van der Waals surface area contributed by atoms with E-state index in [1.54, 1.807) is 6.20 Å². The molecule has 2 heterocycles. The number of nitrogens with zero attached hydrogens (tertiary/aromatic N) is 3. The first-order valence-electron chi connectivity index (χ1n) is 8.26. The van der Waals surface area contributed by atoms with Crippen LogP contribution in [0, 0.1) is 0 Å². The summed E-state index contributed by atoms with van der Waals surface area (Å²) in [5.41, 5.74) is 3.36. The highest BCUT2D eigenvalue weighted by molar-refractivity contribution is 5.44. The third-order valence-electron chi connectivity index (χ3n) is 4.48. The zero-order valence-electron chi connectivity index (χ0n) is 14.1. The van der Waals surface area contributed by atoms with Crippen LogP contribution in [0.1, 0.15) is 16.7 Å². The molecule has 1 aliphatic rings. The number of hydrogen-bond donors (Lipinski definition) is 0. The van der Waals surface area contributed by atoms with Gasteiger partial charge in [0.1, 0.15) is 0 Å². The van der Waals surface area contributed by atoms with E-state index >= 15 is 0 Å². The summed E-state index contributed by atoms with van der Waals surface area (Å²) in [5.74, 6) is 0.933. The molecule has 0 fully saturated rings. The molecule has 0 unspecified atom stereocenters. The average molecular weight is 333 g/mol. The highest BCUT2D eigenvalue weighted by atomic mass is 16.5. The summed E-state index contributed by atoms with van der Waals surface area (Å²) >= 11 is 0. The van der Waals surface area contributed by atoms with E-state index in [-0.39, 0.29) is 11.3 Å². The highest BCUT2D eigenvalue weighted by Gasteiger charge is 2.23. The Bertz CT molecular complexity index is 926. The lowest BCUT2D eigenvalue weighted by atomic mass is 10.1. The molecule has 4 rings (SSSR count). The molecule has 0 radical (unpaired) electrons. The topological polar surface area (TPSA) is 47.4 Å². The third kappa shape index (κ3) is 3.01. The van der Waals surface area contributed by atoms with Crippen molar-refractivity contribution < 1.29 is 4.74 Å². The van der Waals surface area contributed by atoms with Gasteiger partial charge in [0.25, 0.3) is 0 Å². The van der Waals surface area contributed by atoms with Gasteiger partial charge in [-0.1, -0.05) is 54.6 Å². The Hall–Kier alpha value is -3.08. The molecule has 0 spiro atoms. The molecular formula is C20H19N3O2. The Labute approximate surface area is 146 Å². The number of hydrogen-bond acceptors (Lipinski definition) is 4. The van der Waals surface area contributed by atoms with Crippen LogP contribution in [-0.2, 0) is 19.6 Å². The SMILES string of the molecule is COc1cn(Cc2ccccc2)c(N2Cc3ccccc3C2)nc1=O. The first-order chi connectivity index (χ1) is 12.2. The zero-order chi connectivity index (χ0) is 17.2. The number of fused-ring (bicyclic) bond motifs is 1. The summed E-state index contributed by atoms with van der Waals surface area (Å²) in [6.45, 7) is 2.14. The van der Waals surface area contributed by atoms with Crippen LogP contribution >= 0.6 is 0 Å². The average Bonchev–Trinajstić information content (AvgIpc) is 3.07. The van der Waals surface area contributed by atoms with Gasteiger partial charge < -0.3 is 14.2 Å². The van der Waals surface area contributed by atoms with Gasteiger partial charge in [-0.05, 0) is 16.7 Å². The largest absolute Gasteiger partial charge is 0.490 e. The second-order valence-electron chi connectivity index (χ2n) is 6.15. The van der Waals surface area contributed by atoms with Crippen molar-refractivity contribution in [2.75, 3.05) is 12.0 Å². The van der Waals surface area contributed by atoms with Gasteiger partial charge in [0.15, 0.2) is 0 Å². The molecule has 5 nitrogen and oxygen atoms in total. The summed E-state index contributed by atoms with van der Waals surface area (Å²) < 4.78 is 7.18. The van der Waals surface area contributed by atoms with E-state index in [0.29, 0.717) is 12.5 Å². The van der Waals surface area contributed by atoms with E-state index in [4.69, 9.17) is 4.74 Å². The molecule has 0 amide bonds. The Kier molecular flexibility index (Phi) is 3.98. The van der Waals surface area contributed by atoms with E-state index in [2.05, 4.69) is 34.1 Å². The maximum absolute atomic E-state index is 12.2. The Morgan fingerprint density at radius 3 is 2.28 bits per heavy atom. The van der Waals surface area contributed by atoms with Gasteiger partial charge in [0.05, 0.1) is 19.9 Å². The van der Waals surface area contributed by atoms with E-state index in [9.17, 15) is 4.79 Å². The smallest absolute Gasteiger partial charge is 0.316 e. The number of anilines is 1. The normalized spacial score (nSPS) is 12.9. The van der Waals surface area contributed by atoms with Crippen LogP contribution in [0.4, 0.5) is 5.95 Å². The molecule has 0 N–H and O–H groups in total. The van der Waals surface area contributed by atoms with Gasteiger partial charge in [0.2, 0.25) is 11.7 Å². The minimum atomic E-state index is -0.335. The van der Waals surface area contributed by atoms with Crippen LogP contribution < -0.4 is 15.2 Å². The second-order valence-corrected chi connectivity index (χ2v) is 6.15. The van der Waals surface area contributed by atoms with Crippen LogP contribution in [0.15, 0.2) is 65.6 Å². The first kappa shape index (κ1) is 15.4. The minimum Gasteiger partial charge on any atom is -0.490 e. The number of benzene rings is 2. The van der Waals surface area contributed by atoms with E-state index in [0.717, 1.165) is 18.7 Å². The number of rotatable bonds is 4. The van der Waals surface area contributed by atoms with E-state index in [1.165, 1.54) is 18.2 Å². The molecule has 3 aromatic rings. The van der Waals surface area contributed by atoms with Crippen molar-refractivity contribution in [3.8, 4) is 5.75 Å². The molecule has 0 saturated carbocycles. The Morgan fingerprint density at radius 1 is 1.00 bits per heavy atom. The fraction of sp³-hybridized carbons (Fsp3) is 0.200. The fourth-order valence-electron chi connectivity index (χ4n) is 3.23. The zero-order valence-corrected chi connectivity index (χ0v) is 14.1. The van der Waals surface area contributed by atoms with E-state index in [1.807, 2.05) is 34.9 Å². The molecule has 0 saturated heterocycles. The van der Waals surface area contributed by atoms with Crippen molar-refractivity contribution in [1.82, 2.24) is 9.55 Å². The summed E-state index contributed by atoms with van der Waals surface area (Å²) in [5, 5.41) is 0. The predicted molar refractivity (Wildman–Crippen MR) is 96.9 cm³/mol. The van der Waals surface area contributed by atoms with Crippen LogP contribution in [0.2, 0.25) is 0 Å². The number of aromatic nitrogens is 2. The summed E-state index contributed by atoms with van der Waals surface area (Å²) in [4.78, 5) is 18.7. The summed E-state index contributed by atoms with van der Waals surface area (Å²) in [7, 11) is 1.50. The van der Waals surface area contributed by atoms with Crippen molar-refractivity contribution in [1.29, 1.82) is 0 Å².